The van der Waals surface area contributed by atoms with E-state index in [1.165, 1.54) is 5.69 Å². The lowest BCUT2D eigenvalue weighted by atomic mass is 10.1. The van der Waals surface area contributed by atoms with Crippen molar-refractivity contribution in [2.24, 2.45) is 7.05 Å². The maximum absolute atomic E-state index is 5.35. The molecular weight excluding hydrogens is 318 g/mol. The van der Waals surface area contributed by atoms with E-state index in [4.69, 9.17) is 4.42 Å². The summed E-state index contributed by atoms with van der Waals surface area (Å²) in [6, 6.07) is 4.40. The lowest BCUT2D eigenvalue weighted by molar-refractivity contribution is 0.455. The number of nitrogens with one attached hydrogen (secondary N) is 1. The fourth-order valence-corrected chi connectivity index (χ4v) is 2.95. The van der Waals surface area contributed by atoms with Gasteiger partial charge in [0.1, 0.15) is 5.76 Å². The van der Waals surface area contributed by atoms with Crippen LogP contribution in [0.25, 0.3) is 0 Å². The zero-order valence-electron chi connectivity index (χ0n) is 12.3. The van der Waals surface area contributed by atoms with Gasteiger partial charge in [-0.05, 0) is 47.8 Å². The van der Waals surface area contributed by atoms with Gasteiger partial charge in [0.25, 0.3) is 0 Å². The lowest BCUT2D eigenvalue weighted by Crippen LogP contribution is -2.27. The highest BCUT2D eigenvalue weighted by atomic mass is 79.9. The van der Waals surface area contributed by atoms with E-state index in [-0.39, 0.29) is 0 Å². The van der Waals surface area contributed by atoms with Crippen LogP contribution in [0.3, 0.4) is 0 Å². The Morgan fingerprint density at radius 3 is 2.90 bits per heavy atom. The number of hydrogen-bond acceptors (Lipinski definition) is 3. The van der Waals surface area contributed by atoms with Gasteiger partial charge in [-0.2, -0.15) is 5.10 Å². The number of halogens is 1. The second-order valence-corrected chi connectivity index (χ2v) is 5.88. The maximum atomic E-state index is 5.35. The number of rotatable bonds is 7. The smallest absolute Gasteiger partial charge is 0.103 e. The third kappa shape index (κ3) is 3.73. The third-order valence-electron chi connectivity index (χ3n) is 3.52. The van der Waals surface area contributed by atoms with Crippen molar-refractivity contribution in [1.82, 2.24) is 15.1 Å². The monoisotopic (exact) mass is 339 g/mol. The summed E-state index contributed by atoms with van der Waals surface area (Å²) in [6.45, 7) is 5.15. The van der Waals surface area contributed by atoms with Crippen molar-refractivity contribution >= 4 is 15.9 Å². The van der Waals surface area contributed by atoms with Gasteiger partial charge in [-0.15, -0.1) is 0 Å². The molecule has 20 heavy (non-hydrogen) atoms. The topological polar surface area (TPSA) is 43.0 Å². The summed E-state index contributed by atoms with van der Waals surface area (Å²) >= 11 is 3.64. The van der Waals surface area contributed by atoms with E-state index < -0.39 is 0 Å². The summed E-state index contributed by atoms with van der Waals surface area (Å²) in [5, 5.41) is 8.06. The SMILES string of the molecule is CCc1nn(C)c(CNC(C)CCc2ccco2)c1Br. The average Bonchev–Trinajstić information content (AvgIpc) is 3.03. The average molecular weight is 340 g/mol. The van der Waals surface area contributed by atoms with Crippen molar-refractivity contribution in [2.45, 2.75) is 45.7 Å². The highest BCUT2D eigenvalue weighted by Crippen LogP contribution is 2.21. The minimum Gasteiger partial charge on any atom is -0.469 e. The van der Waals surface area contributed by atoms with E-state index >= 15 is 0 Å². The zero-order chi connectivity index (χ0) is 14.5. The summed E-state index contributed by atoms with van der Waals surface area (Å²) in [4.78, 5) is 0. The van der Waals surface area contributed by atoms with Crippen molar-refractivity contribution in [3.8, 4) is 0 Å². The second kappa shape index (κ2) is 7.09. The number of nitrogens with zero attached hydrogens (tertiary/aromatic N) is 2. The van der Waals surface area contributed by atoms with Gasteiger partial charge in [-0.3, -0.25) is 4.68 Å². The predicted molar refractivity (Wildman–Crippen MR) is 83.6 cm³/mol. The molecule has 2 heterocycles. The van der Waals surface area contributed by atoms with Gasteiger partial charge >= 0.3 is 0 Å². The molecule has 4 nitrogen and oxygen atoms in total. The molecule has 2 aromatic rings. The van der Waals surface area contributed by atoms with Gasteiger partial charge in [-0.25, -0.2) is 0 Å². The standard InChI is InChI=1S/C15H22BrN3O/c1-4-13-15(16)14(19(3)18-13)10-17-11(2)7-8-12-6-5-9-20-12/h5-6,9,11,17H,4,7-8,10H2,1-3H3. The molecule has 0 saturated heterocycles. The molecule has 2 rings (SSSR count). The molecular formula is C15H22BrN3O. The molecule has 0 amide bonds. The van der Waals surface area contributed by atoms with Crippen LogP contribution < -0.4 is 5.32 Å². The predicted octanol–water partition coefficient (Wildman–Crippen LogP) is 3.45. The van der Waals surface area contributed by atoms with Crippen LogP contribution in [0.2, 0.25) is 0 Å². The van der Waals surface area contributed by atoms with E-state index in [9.17, 15) is 0 Å². The maximum Gasteiger partial charge on any atom is 0.103 e. The van der Waals surface area contributed by atoms with E-state index in [1.54, 1.807) is 6.26 Å². The molecule has 0 aromatic carbocycles. The Bertz CT molecular complexity index is 534. The molecule has 0 saturated carbocycles. The van der Waals surface area contributed by atoms with Crippen LogP contribution >= 0.6 is 15.9 Å². The first kappa shape index (κ1) is 15.3. The minimum atomic E-state index is 0.437. The Labute approximate surface area is 128 Å². The van der Waals surface area contributed by atoms with E-state index in [1.807, 2.05) is 23.9 Å². The van der Waals surface area contributed by atoms with Gasteiger partial charge < -0.3 is 9.73 Å². The molecule has 110 valence electrons. The Morgan fingerprint density at radius 2 is 2.30 bits per heavy atom. The van der Waals surface area contributed by atoms with Crippen LogP contribution in [0, 0.1) is 0 Å². The molecule has 0 spiro atoms. The minimum absolute atomic E-state index is 0.437. The van der Waals surface area contributed by atoms with E-state index in [0.29, 0.717) is 6.04 Å². The number of hydrogen-bond donors (Lipinski definition) is 1. The Balaban J connectivity index is 1.84. The van der Waals surface area contributed by atoms with Crippen molar-refractivity contribution < 1.29 is 4.42 Å². The molecule has 0 aliphatic carbocycles. The highest BCUT2D eigenvalue weighted by molar-refractivity contribution is 9.10. The molecule has 0 bridgehead atoms. The Hall–Kier alpha value is -1.07. The van der Waals surface area contributed by atoms with Crippen LogP contribution in [-0.4, -0.2) is 15.8 Å². The van der Waals surface area contributed by atoms with Gasteiger partial charge in [0.15, 0.2) is 0 Å². The van der Waals surface area contributed by atoms with E-state index in [2.05, 4.69) is 40.2 Å². The molecule has 1 unspecified atom stereocenters. The summed E-state index contributed by atoms with van der Waals surface area (Å²) in [5.74, 6) is 1.05. The fraction of sp³-hybridized carbons (Fsp3) is 0.533. The molecule has 0 radical (unpaired) electrons. The van der Waals surface area contributed by atoms with Gasteiger partial charge in [-0.1, -0.05) is 6.92 Å². The first-order valence-corrected chi connectivity index (χ1v) is 7.87. The van der Waals surface area contributed by atoms with Crippen LogP contribution in [-0.2, 0) is 26.4 Å². The van der Waals surface area contributed by atoms with Crippen molar-refractivity contribution in [3.63, 3.8) is 0 Å². The zero-order valence-corrected chi connectivity index (χ0v) is 13.9. The first-order valence-electron chi connectivity index (χ1n) is 7.07. The van der Waals surface area contributed by atoms with E-state index in [0.717, 1.165) is 41.7 Å². The summed E-state index contributed by atoms with van der Waals surface area (Å²) in [7, 11) is 1.99. The van der Waals surface area contributed by atoms with Crippen LogP contribution in [0.1, 0.15) is 37.4 Å². The van der Waals surface area contributed by atoms with Crippen LogP contribution in [0.15, 0.2) is 27.3 Å². The summed E-state index contributed by atoms with van der Waals surface area (Å²) < 4.78 is 8.44. The Morgan fingerprint density at radius 1 is 1.50 bits per heavy atom. The quantitative estimate of drug-likeness (QED) is 0.840. The molecule has 1 N–H and O–H groups in total. The molecule has 5 heteroatoms. The molecule has 0 fully saturated rings. The molecule has 2 aromatic heterocycles. The normalized spacial score (nSPS) is 12.8. The largest absolute Gasteiger partial charge is 0.469 e. The fourth-order valence-electron chi connectivity index (χ4n) is 2.20. The molecule has 1 atom stereocenters. The van der Waals surface area contributed by atoms with Crippen LogP contribution in [0.4, 0.5) is 0 Å². The van der Waals surface area contributed by atoms with Crippen molar-refractivity contribution in [3.05, 3.63) is 40.0 Å². The van der Waals surface area contributed by atoms with Gasteiger partial charge in [0.05, 0.1) is 22.1 Å². The number of aryl methyl sites for hydroxylation is 3. The summed E-state index contributed by atoms with van der Waals surface area (Å²) in [5.41, 5.74) is 2.32. The first-order chi connectivity index (χ1) is 9.61. The summed E-state index contributed by atoms with van der Waals surface area (Å²) in [6.07, 6.45) is 4.70. The van der Waals surface area contributed by atoms with Gasteiger partial charge in [0.2, 0.25) is 0 Å². The molecule has 0 aliphatic heterocycles. The lowest BCUT2D eigenvalue weighted by Gasteiger charge is -2.13. The number of aromatic nitrogens is 2. The Kier molecular flexibility index (Phi) is 5.43. The van der Waals surface area contributed by atoms with Gasteiger partial charge in [0, 0.05) is 26.1 Å². The van der Waals surface area contributed by atoms with Crippen LogP contribution in [0.5, 0.6) is 0 Å². The number of furan rings is 1. The third-order valence-corrected chi connectivity index (χ3v) is 4.44. The van der Waals surface area contributed by atoms with Crippen molar-refractivity contribution in [2.75, 3.05) is 0 Å². The van der Waals surface area contributed by atoms with Crippen molar-refractivity contribution in [1.29, 1.82) is 0 Å². The second-order valence-electron chi connectivity index (χ2n) is 5.08. The molecule has 0 aliphatic rings. The highest BCUT2D eigenvalue weighted by Gasteiger charge is 2.13.